The molecule has 1 atom stereocenters. The van der Waals surface area contributed by atoms with E-state index in [-0.39, 0.29) is 28.4 Å². The SMILES string of the molecule is CN/C=C(/Cl)C(=N)C(=O)N1CCN(CC(C)c2ccc(F)cc2)CC1. The minimum atomic E-state index is -0.345. The highest BCUT2D eigenvalue weighted by atomic mass is 35.5. The standard InChI is InChI=1S/C18H24ClFN4O/c1-13(14-3-5-15(20)6-4-14)12-23-7-9-24(10-8-23)18(25)17(21)16(19)11-22-2/h3-6,11,13,21-22H,7-10,12H2,1-2H3/b16-11+,21-17?. The van der Waals surface area contributed by atoms with E-state index < -0.39 is 0 Å². The lowest BCUT2D eigenvalue weighted by Crippen LogP contribution is -2.51. The Labute approximate surface area is 153 Å². The Balaban J connectivity index is 1.85. The van der Waals surface area contributed by atoms with Crippen molar-refractivity contribution in [2.75, 3.05) is 39.8 Å². The predicted molar refractivity (Wildman–Crippen MR) is 98.6 cm³/mol. The molecule has 7 heteroatoms. The van der Waals surface area contributed by atoms with Gasteiger partial charge in [0.15, 0.2) is 0 Å². The van der Waals surface area contributed by atoms with Gasteiger partial charge in [-0.2, -0.15) is 0 Å². The monoisotopic (exact) mass is 366 g/mol. The van der Waals surface area contributed by atoms with E-state index in [0.29, 0.717) is 13.1 Å². The van der Waals surface area contributed by atoms with Crippen molar-refractivity contribution in [2.45, 2.75) is 12.8 Å². The van der Waals surface area contributed by atoms with Crippen molar-refractivity contribution in [3.05, 3.63) is 46.9 Å². The first kappa shape index (κ1) is 19.4. The molecule has 5 nitrogen and oxygen atoms in total. The Kier molecular flexibility index (Phi) is 6.96. The van der Waals surface area contributed by atoms with Crippen LogP contribution in [0.3, 0.4) is 0 Å². The molecule has 0 aromatic heterocycles. The van der Waals surface area contributed by atoms with Crippen LogP contribution in [0.5, 0.6) is 0 Å². The first-order chi connectivity index (χ1) is 11.9. The van der Waals surface area contributed by atoms with Crippen LogP contribution in [0.1, 0.15) is 18.4 Å². The fourth-order valence-electron chi connectivity index (χ4n) is 2.88. The normalized spacial score (nSPS) is 17.3. The topological polar surface area (TPSA) is 59.4 Å². The van der Waals surface area contributed by atoms with Gasteiger partial charge in [-0.1, -0.05) is 30.7 Å². The smallest absolute Gasteiger partial charge is 0.273 e. The van der Waals surface area contributed by atoms with E-state index in [1.54, 1.807) is 11.9 Å². The second-order valence-corrected chi connectivity index (χ2v) is 6.61. The third-order valence-corrected chi connectivity index (χ3v) is 4.65. The lowest BCUT2D eigenvalue weighted by molar-refractivity contribution is -0.125. The van der Waals surface area contributed by atoms with Crippen LogP contribution in [0.2, 0.25) is 0 Å². The highest BCUT2D eigenvalue weighted by molar-refractivity contribution is 6.58. The summed E-state index contributed by atoms with van der Waals surface area (Å²) in [7, 11) is 1.67. The summed E-state index contributed by atoms with van der Waals surface area (Å²) in [5.41, 5.74) is 0.912. The second kappa shape index (κ2) is 8.97. The van der Waals surface area contributed by atoms with Crippen molar-refractivity contribution in [1.29, 1.82) is 5.41 Å². The number of rotatable bonds is 6. The van der Waals surface area contributed by atoms with Gasteiger partial charge in [0.2, 0.25) is 0 Å². The largest absolute Gasteiger partial charge is 0.393 e. The Morgan fingerprint density at radius 1 is 1.32 bits per heavy atom. The fourth-order valence-corrected chi connectivity index (χ4v) is 3.07. The molecule has 1 aromatic rings. The van der Waals surface area contributed by atoms with Crippen LogP contribution in [0.15, 0.2) is 35.5 Å². The summed E-state index contributed by atoms with van der Waals surface area (Å²) in [5, 5.41) is 10.7. The van der Waals surface area contributed by atoms with E-state index in [1.165, 1.54) is 18.3 Å². The van der Waals surface area contributed by atoms with Crippen LogP contribution in [-0.2, 0) is 4.79 Å². The highest BCUT2D eigenvalue weighted by Crippen LogP contribution is 2.18. The Morgan fingerprint density at radius 3 is 2.48 bits per heavy atom. The molecule has 2 rings (SSSR count). The van der Waals surface area contributed by atoms with E-state index in [0.717, 1.165) is 25.2 Å². The summed E-state index contributed by atoms with van der Waals surface area (Å²) in [4.78, 5) is 16.2. The van der Waals surface area contributed by atoms with E-state index in [2.05, 4.69) is 17.1 Å². The molecular formula is C18H24ClFN4O. The number of nitrogens with one attached hydrogen (secondary N) is 2. The lowest BCUT2D eigenvalue weighted by atomic mass is 10.0. The van der Waals surface area contributed by atoms with Crippen molar-refractivity contribution < 1.29 is 9.18 Å². The first-order valence-electron chi connectivity index (χ1n) is 8.31. The minimum absolute atomic E-state index is 0.111. The van der Waals surface area contributed by atoms with Crippen LogP contribution in [-0.4, -0.2) is 61.2 Å². The van der Waals surface area contributed by atoms with Gasteiger partial charge in [0.05, 0.1) is 5.03 Å². The zero-order chi connectivity index (χ0) is 18.4. The van der Waals surface area contributed by atoms with Gasteiger partial charge in [-0.15, -0.1) is 0 Å². The average Bonchev–Trinajstić information content (AvgIpc) is 2.61. The van der Waals surface area contributed by atoms with Gasteiger partial charge in [-0.25, -0.2) is 4.39 Å². The van der Waals surface area contributed by atoms with Crippen LogP contribution < -0.4 is 5.32 Å². The zero-order valence-electron chi connectivity index (χ0n) is 14.6. The number of piperazine rings is 1. The molecule has 1 unspecified atom stereocenters. The zero-order valence-corrected chi connectivity index (χ0v) is 15.3. The van der Waals surface area contributed by atoms with E-state index >= 15 is 0 Å². The fraction of sp³-hybridized carbons (Fsp3) is 0.444. The van der Waals surface area contributed by atoms with Crippen molar-refractivity contribution in [1.82, 2.24) is 15.1 Å². The van der Waals surface area contributed by atoms with Crippen LogP contribution in [0.4, 0.5) is 4.39 Å². The van der Waals surface area contributed by atoms with Gasteiger partial charge in [-0.05, 0) is 23.6 Å². The molecule has 0 saturated carbocycles. The number of halogens is 2. The molecule has 1 aliphatic rings. The van der Waals surface area contributed by atoms with Gasteiger partial charge < -0.3 is 10.2 Å². The number of nitrogens with zero attached hydrogens (tertiary/aromatic N) is 2. The molecule has 1 amide bonds. The summed E-state index contributed by atoms with van der Waals surface area (Å²) in [6.45, 7) is 5.60. The van der Waals surface area contributed by atoms with Gasteiger partial charge >= 0.3 is 0 Å². The van der Waals surface area contributed by atoms with Gasteiger partial charge in [0.25, 0.3) is 5.91 Å². The maximum Gasteiger partial charge on any atom is 0.273 e. The Morgan fingerprint density at radius 2 is 1.92 bits per heavy atom. The van der Waals surface area contributed by atoms with Crippen molar-refractivity contribution in [3.8, 4) is 0 Å². The van der Waals surface area contributed by atoms with E-state index in [9.17, 15) is 9.18 Å². The van der Waals surface area contributed by atoms with Gasteiger partial charge in [-0.3, -0.25) is 15.1 Å². The molecule has 25 heavy (non-hydrogen) atoms. The van der Waals surface area contributed by atoms with E-state index in [4.69, 9.17) is 17.0 Å². The lowest BCUT2D eigenvalue weighted by Gasteiger charge is -2.36. The summed E-state index contributed by atoms with van der Waals surface area (Å²) in [6.07, 6.45) is 1.43. The quantitative estimate of drug-likeness (QED) is 0.760. The summed E-state index contributed by atoms with van der Waals surface area (Å²) in [5.74, 6) is -0.284. The molecule has 0 radical (unpaired) electrons. The molecule has 1 heterocycles. The second-order valence-electron chi connectivity index (χ2n) is 6.20. The molecule has 1 aromatic carbocycles. The first-order valence-corrected chi connectivity index (χ1v) is 8.69. The third kappa shape index (κ3) is 5.28. The van der Waals surface area contributed by atoms with Crippen molar-refractivity contribution >= 4 is 23.2 Å². The number of amides is 1. The molecule has 0 bridgehead atoms. The molecule has 0 aliphatic carbocycles. The van der Waals surface area contributed by atoms with Gasteiger partial charge in [0, 0.05) is 46.0 Å². The summed E-state index contributed by atoms with van der Waals surface area (Å²) in [6, 6.07) is 6.60. The van der Waals surface area contributed by atoms with E-state index in [1.807, 2.05) is 12.1 Å². The van der Waals surface area contributed by atoms with Crippen LogP contribution in [0.25, 0.3) is 0 Å². The molecule has 136 valence electrons. The maximum absolute atomic E-state index is 13.0. The molecular weight excluding hydrogens is 343 g/mol. The Hall–Kier alpha value is -1.92. The number of carbonyl (C=O) groups excluding carboxylic acids is 1. The molecule has 1 fully saturated rings. The molecule has 0 spiro atoms. The van der Waals surface area contributed by atoms with Crippen molar-refractivity contribution in [3.63, 3.8) is 0 Å². The van der Waals surface area contributed by atoms with Crippen LogP contribution >= 0.6 is 11.6 Å². The number of carbonyl (C=O) groups is 1. The molecule has 2 N–H and O–H groups in total. The maximum atomic E-state index is 13.0. The third-order valence-electron chi connectivity index (χ3n) is 4.35. The minimum Gasteiger partial charge on any atom is -0.393 e. The Bertz CT molecular complexity index is 639. The number of benzene rings is 1. The summed E-state index contributed by atoms with van der Waals surface area (Å²) >= 11 is 5.91. The average molecular weight is 367 g/mol. The molecule has 1 aliphatic heterocycles. The number of hydrogen-bond donors (Lipinski definition) is 2. The summed E-state index contributed by atoms with van der Waals surface area (Å²) < 4.78 is 13.0. The van der Waals surface area contributed by atoms with Crippen molar-refractivity contribution in [2.24, 2.45) is 0 Å². The predicted octanol–water partition coefficient (Wildman–Crippen LogP) is 2.39. The molecule has 1 saturated heterocycles. The van der Waals surface area contributed by atoms with Crippen LogP contribution in [0, 0.1) is 11.2 Å². The number of hydrogen-bond acceptors (Lipinski definition) is 4. The highest BCUT2D eigenvalue weighted by Gasteiger charge is 2.25. The van der Waals surface area contributed by atoms with Gasteiger partial charge in [0.1, 0.15) is 11.5 Å².